The summed E-state index contributed by atoms with van der Waals surface area (Å²) >= 11 is 6.19. The monoisotopic (exact) mass is 812 g/mol. The Kier molecular flexibility index (Phi) is 14.1. The number of likely N-dealkylation sites (tertiary alicyclic amines) is 1. The Balaban J connectivity index is 1.52. The Hall–Kier alpha value is -4.96. The number of hydrogen-bond donors (Lipinski definition) is 3. The predicted octanol–water partition coefficient (Wildman–Crippen LogP) is 8.02. The van der Waals surface area contributed by atoms with Gasteiger partial charge in [0.05, 0.1) is 61.0 Å². The number of fused-ring (bicyclic) bond motifs is 3. The highest BCUT2D eigenvalue weighted by Gasteiger charge is 2.49. The van der Waals surface area contributed by atoms with E-state index in [4.69, 9.17) is 35.5 Å². The van der Waals surface area contributed by atoms with E-state index in [1.165, 1.54) is 31.8 Å². The number of anilines is 3. The van der Waals surface area contributed by atoms with Gasteiger partial charge in [-0.15, -0.1) is 0 Å². The fraction of sp³-hybridized carbons (Fsp3) is 0.487. The second-order valence-corrected chi connectivity index (χ2v) is 21.1. The number of ether oxygens (including phenoxy) is 4. The number of nitrogens with zero attached hydrogens (tertiary/aromatic N) is 3. The minimum atomic E-state index is -1.44. The molecule has 0 saturated carbocycles. The number of rotatable bonds is 9. The van der Waals surface area contributed by atoms with Gasteiger partial charge in [-0.1, -0.05) is 44.1 Å². The van der Waals surface area contributed by atoms with Crippen LogP contribution in [0.5, 0.6) is 0 Å². The summed E-state index contributed by atoms with van der Waals surface area (Å²) in [6.45, 7) is 9.43. The molecule has 3 N–H and O–H groups in total. The van der Waals surface area contributed by atoms with Crippen molar-refractivity contribution < 1.29 is 42.5 Å². The highest BCUT2D eigenvalue weighted by molar-refractivity contribution is 6.76. The van der Waals surface area contributed by atoms with Crippen LogP contribution in [0, 0.1) is 11.7 Å². The molecule has 3 aliphatic heterocycles. The lowest BCUT2D eigenvalue weighted by Gasteiger charge is -2.45. The van der Waals surface area contributed by atoms with Gasteiger partial charge < -0.3 is 29.2 Å². The van der Waals surface area contributed by atoms with Gasteiger partial charge in [0.25, 0.3) is 0 Å². The van der Waals surface area contributed by atoms with E-state index in [1.807, 2.05) is 0 Å². The van der Waals surface area contributed by atoms with Crippen molar-refractivity contribution in [1.29, 1.82) is 0 Å². The Labute approximate surface area is 332 Å². The van der Waals surface area contributed by atoms with Crippen molar-refractivity contribution in [2.75, 3.05) is 49.4 Å². The van der Waals surface area contributed by atoms with Crippen LogP contribution >= 0.6 is 11.6 Å². The molecule has 56 heavy (non-hydrogen) atoms. The molecule has 3 aliphatic rings. The lowest BCUT2D eigenvalue weighted by Crippen LogP contribution is -2.54. The van der Waals surface area contributed by atoms with Crippen molar-refractivity contribution in [3.8, 4) is 0 Å². The molecule has 3 amide bonds. The summed E-state index contributed by atoms with van der Waals surface area (Å²) in [4.78, 5) is 63.4. The van der Waals surface area contributed by atoms with Gasteiger partial charge in [-0.3, -0.25) is 20.4 Å². The van der Waals surface area contributed by atoms with Crippen molar-refractivity contribution in [2.24, 2.45) is 15.9 Å². The standard InChI is InChI=1S/C39H50ClFN6O8Si/c1-6-54-36(49)30-11-8-7-10-25(35(48)47-17-9-16-39(23-47)33-29(46-38(51)55-39)15-14-28(40)34(33)41)21-43-32(22-42-24-53-18-19-56(3,4)5)27-13-12-26(20-31(27)45-30)44-37(50)52-2/h12-15,20-22,24-25,30,45H,6-11,16-19,23H2,1-5H3,(H,44,50)(H,46,51)/b32-22-,42-24-,43-21+/t25?,30?,39-/m0/s1. The van der Waals surface area contributed by atoms with Gasteiger partial charge in [-0.05, 0) is 69.0 Å². The molecule has 17 heteroatoms. The molecule has 5 rings (SSSR count). The van der Waals surface area contributed by atoms with E-state index in [9.17, 15) is 19.2 Å². The van der Waals surface area contributed by atoms with Gasteiger partial charge in [0.15, 0.2) is 17.8 Å². The second-order valence-electron chi connectivity index (χ2n) is 15.1. The largest absolute Gasteiger partial charge is 0.483 e. The molecule has 2 aromatic carbocycles. The maximum Gasteiger partial charge on any atom is 0.412 e. The summed E-state index contributed by atoms with van der Waals surface area (Å²) in [5, 5.41) is 8.39. The van der Waals surface area contributed by atoms with E-state index in [2.05, 4.69) is 40.6 Å². The van der Waals surface area contributed by atoms with Crippen molar-refractivity contribution >= 4 is 79.1 Å². The zero-order valence-electron chi connectivity index (χ0n) is 32.4. The van der Waals surface area contributed by atoms with Crippen molar-refractivity contribution in [3.63, 3.8) is 0 Å². The third-order valence-corrected chi connectivity index (χ3v) is 11.7. The Morgan fingerprint density at radius 1 is 1.16 bits per heavy atom. The average molecular weight is 813 g/mol. The van der Waals surface area contributed by atoms with Gasteiger partial charge >= 0.3 is 18.2 Å². The number of nitrogens with one attached hydrogen (secondary N) is 3. The molecule has 0 bridgehead atoms. The summed E-state index contributed by atoms with van der Waals surface area (Å²) in [7, 11) is -0.0869. The average Bonchev–Trinajstić information content (AvgIpc) is 3.14. The number of carbonyl (C=O) groups is 4. The SMILES string of the molecule is CCOC(=O)C1CCCCC(C(=O)N2CCC[C@@]3(C2)OC(=O)Nc2ccc(Cl)c(F)c23)/C=N/C(=C\N=C/OCC[Si](C)(C)C)c2ccc(NC(=O)OC)cc2N1. The Bertz CT molecular complexity index is 1890. The normalized spacial score (nSPS) is 22.7. The molecule has 0 aromatic heterocycles. The van der Waals surface area contributed by atoms with Crippen LogP contribution in [0.25, 0.3) is 5.70 Å². The van der Waals surface area contributed by atoms with E-state index in [1.54, 1.807) is 36.2 Å². The van der Waals surface area contributed by atoms with Crippen LogP contribution in [0.15, 0.2) is 46.5 Å². The quantitative estimate of drug-likeness (QED) is 0.0567. The highest BCUT2D eigenvalue weighted by atomic mass is 35.5. The maximum atomic E-state index is 15.6. The number of benzene rings is 2. The summed E-state index contributed by atoms with van der Waals surface area (Å²) < 4.78 is 37.3. The first-order chi connectivity index (χ1) is 26.7. The van der Waals surface area contributed by atoms with Crippen LogP contribution in [0.1, 0.15) is 56.6 Å². The molecule has 2 unspecified atom stereocenters. The highest BCUT2D eigenvalue weighted by Crippen LogP contribution is 2.45. The van der Waals surface area contributed by atoms with E-state index in [0.717, 1.165) is 6.04 Å². The first-order valence-corrected chi connectivity index (χ1v) is 22.9. The molecule has 14 nitrogen and oxygen atoms in total. The molecular formula is C39H50ClFN6O8Si. The van der Waals surface area contributed by atoms with E-state index in [0.29, 0.717) is 74.3 Å². The van der Waals surface area contributed by atoms with Crippen LogP contribution in [0.4, 0.5) is 31.0 Å². The fourth-order valence-electron chi connectivity index (χ4n) is 6.89. The molecule has 1 saturated heterocycles. The minimum Gasteiger partial charge on any atom is -0.483 e. The number of halogens is 2. The van der Waals surface area contributed by atoms with E-state index >= 15 is 4.39 Å². The zero-order valence-corrected chi connectivity index (χ0v) is 34.2. The number of esters is 1. The molecule has 2 aromatic rings. The lowest BCUT2D eigenvalue weighted by molar-refractivity contribution is -0.144. The van der Waals surface area contributed by atoms with Crippen LogP contribution in [0.3, 0.4) is 0 Å². The third kappa shape index (κ3) is 10.7. The number of aliphatic imine (C=N–C) groups is 2. The Morgan fingerprint density at radius 2 is 1.95 bits per heavy atom. The van der Waals surface area contributed by atoms with Gasteiger partial charge in [-0.2, -0.15) is 0 Å². The number of hydrogen-bond acceptors (Lipinski definition) is 11. The van der Waals surface area contributed by atoms with Gasteiger partial charge in [0, 0.05) is 37.8 Å². The van der Waals surface area contributed by atoms with Gasteiger partial charge in [0.1, 0.15) is 6.04 Å². The number of carbonyl (C=O) groups excluding carboxylic acids is 4. The van der Waals surface area contributed by atoms with Crippen molar-refractivity contribution in [1.82, 2.24) is 4.90 Å². The fourth-order valence-corrected chi connectivity index (χ4v) is 7.78. The molecule has 1 spiro atoms. The lowest BCUT2D eigenvalue weighted by atomic mass is 9.82. The summed E-state index contributed by atoms with van der Waals surface area (Å²) in [5.41, 5.74) is 0.604. The summed E-state index contributed by atoms with van der Waals surface area (Å²) in [6.07, 6.45) is 5.59. The van der Waals surface area contributed by atoms with Gasteiger partial charge in [0.2, 0.25) is 5.91 Å². The number of methoxy groups -OCH3 is 1. The predicted molar refractivity (Wildman–Crippen MR) is 217 cm³/mol. The molecule has 3 heterocycles. The molecule has 0 radical (unpaired) electrons. The van der Waals surface area contributed by atoms with Crippen LogP contribution in [-0.2, 0) is 34.1 Å². The Morgan fingerprint density at radius 3 is 2.70 bits per heavy atom. The minimum absolute atomic E-state index is 0.0801. The maximum absolute atomic E-state index is 15.6. The molecule has 3 atom stereocenters. The van der Waals surface area contributed by atoms with Crippen LogP contribution in [0.2, 0.25) is 30.7 Å². The summed E-state index contributed by atoms with van der Waals surface area (Å²) in [6, 6.07) is 8.08. The molecule has 302 valence electrons. The van der Waals surface area contributed by atoms with Crippen LogP contribution in [-0.4, -0.2) is 89.1 Å². The van der Waals surface area contributed by atoms with E-state index < -0.39 is 49.6 Å². The smallest absolute Gasteiger partial charge is 0.412 e. The third-order valence-electron chi connectivity index (χ3n) is 9.74. The molecular weight excluding hydrogens is 763 g/mol. The van der Waals surface area contributed by atoms with E-state index in [-0.39, 0.29) is 35.3 Å². The van der Waals surface area contributed by atoms with Gasteiger partial charge in [-0.25, -0.2) is 23.8 Å². The number of piperidine rings is 1. The first-order valence-electron chi connectivity index (χ1n) is 18.8. The van der Waals surface area contributed by atoms with Crippen LogP contribution < -0.4 is 16.0 Å². The first kappa shape index (κ1) is 42.2. The number of amides is 3. The second kappa shape index (κ2) is 18.8. The molecule has 1 fully saturated rings. The zero-order chi connectivity index (χ0) is 40.5. The molecule has 0 aliphatic carbocycles. The van der Waals surface area contributed by atoms with Crippen molar-refractivity contribution in [3.05, 3.63) is 58.5 Å². The van der Waals surface area contributed by atoms with Crippen molar-refractivity contribution in [2.45, 2.75) is 82.8 Å². The summed E-state index contributed by atoms with van der Waals surface area (Å²) in [5.74, 6) is -2.19. The topological polar surface area (TPSA) is 169 Å².